The van der Waals surface area contributed by atoms with E-state index in [9.17, 15) is 4.79 Å². The zero-order chi connectivity index (χ0) is 18.7. The molecule has 3 aromatic rings. The number of amides is 1. The number of hydrogen-bond donors (Lipinski definition) is 1. The van der Waals surface area contributed by atoms with Gasteiger partial charge < -0.3 is 4.90 Å². The molecule has 26 heavy (non-hydrogen) atoms. The number of likely N-dealkylation sites (N-methyl/N-ethyl adjacent to an activating group) is 1. The smallest absolute Gasteiger partial charge is 0.260 e. The Bertz CT molecular complexity index is 926. The lowest BCUT2D eigenvalue weighted by atomic mass is 10.2. The first-order chi connectivity index (χ1) is 12.5. The molecule has 7 heteroatoms. The van der Waals surface area contributed by atoms with Crippen molar-refractivity contribution in [1.29, 1.82) is 0 Å². The summed E-state index contributed by atoms with van der Waals surface area (Å²) >= 11 is 9.22. The van der Waals surface area contributed by atoms with Gasteiger partial charge in [-0.2, -0.15) is 0 Å². The number of nitrogens with one attached hydrogen (secondary N) is 1. The number of rotatable bonds is 6. The zero-order valence-corrected chi connectivity index (χ0v) is 17.3. The van der Waals surface area contributed by atoms with Gasteiger partial charge in [-0.1, -0.05) is 29.0 Å². The molecule has 136 valence electrons. The fraction of sp³-hybridized carbons (Fsp3) is 0.263. The van der Waals surface area contributed by atoms with E-state index in [1.165, 1.54) is 16.2 Å². The summed E-state index contributed by atoms with van der Waals surface area (Å²) in [6.45, 7) is 1.45. The van der Waals surface area contributed by atoms with Crippen molar-refractivity contribution in [2.24, 2.45) is 0 Å². The Kier molecular flexibility index (Phi) is 6.19. The van der Waals surface area contributed by atoms with E-state index < -0.39 is 0 Å². The van der Waals surface area contributed by atoms with Crippen molar-refractivity contribution >= 4 is 56.0 Å². The number of fused-ring (bicyclic) bond motifs is 1. The van der Waals surface area contributed by atoms with Crippen LogP contribution < -0.4 is 9.80 Å². The minimum atomic E-state index is -0.0210. The molecule has 0 saturated heterocycles. The SMILES string of the molecule is CSc1cccc(C(=O)N(CC[NH+](C)C)c2nc3ccc(Cl)cc3s2)c1. The van der Waals surface area contributed by atoms with Crippen molar-refractivity contribution in [3.8, 4) is 0 Å². The van der Waals surface area contributed by atoms with Crippen LogP contribution in [0.25, 0.3) is 10.2 Å². The number of thiazole rings is 1. The molecule has 1 N–H and O–H groups in total. The van der Waals surface area contributed by atoms with Crippen LogP contribution in [0.1, 0.15) is 10.4 Å². The Morgan fingerprint density at radius 3 is 2.81 bits per heavy atom. The van der Waals surface area contributed by atoms with E-state index in [-0.39, 0.29) is 5.91 Å². The maximum Gasteiger partial charge on any atom is 0.260 e. The predicted octanol–water partition coefficient (Wildman–Crippen LogP) is 3.46. The molecule has 1 amide bonds. The van der Waals surface area contributed by atoms with Gasteiger partial charge in [-0.25, -0.2) is 4.98 Å². The molecule has 0 unspecified atom stereocenters. The standard InChI is InChI=1S/C19H20ClN3OS2/c1-22(2)9-10-23(18(24)13-5-4-6-15(11-13)25-3)19-21-16-8-7-14(20)12-17(16)26-19/h4-8,11-12H,9-10H2,1-3H3/p+1. The van der Waals surface area contributed by atoms with Gasteiger partial charge in [0.2, 0.25) is 0 Å². The summed E-state index contributed by atoms with van der Waals surface area (Å²) in [6, 6.07) is 13.3. The van der Waals surface area contributed by atoms with Gasteiger partial charge >= 0.3 is 0 Å². The van der Waals surface area contributed by atoms with E-state index in [0.29, 0.717) is 22.3 Å². The lowest BCUT2D eigenvalue weighted by molar-refractivity contribution is -0.856. The van der Waals surface area contributed by atoms with E-state index in [1.807, 2.05) is 48.7 Å². The van der Waals surface area contributed by atoms with Crippen LogP contribution in [-0.2, 0) is 0 Å². The van der Waals surface area contributed by atoms with Crippen LogP contribution in [0.2, 0.25) is 5.02 Å². The summed E-state index contributed by atoms with van der Waals surface area (Å²) in [6.07, 6.45) is 2.01. The van der Waals surface area contributed by atoms with Gasteiger partial charge in [0.1, 0.15) is 0 Å². The Hall–Kier alpha value is -1.60. The number of nitrogens with zero attached hydrogens (tertiary/aromatic N) is 2. The van der Waals surface area contributed by atoms with E-state index in [0.717, 1.165) is 21.7 Å². The second-order valence-corrected chi connectivity index (χ2v) is 8.58. The molecule has 0 aliphatic rings. The fourth-order valence-electron chi connectivity index (χ4n) is 2.53. The fourth-order valence-corrected chi connectivity index (χ4v) is 4.26. The van der Waals surface area contributed by atoms with Gasteiger partial charge in [-0.05, 0) is 42.7 Å². The summed E-state index contributed by atoms with van der Waals surface area (Å²) in [7, 11) is 4.16. The Morgan fingerprint density at radius 2 is 2.08 bits per heavy atom. The average molecular weight is 407 g/mol. The van der Waals surface area contributed by atoms with Crippen LogP contribution in [0.5, 0.6) is 0 Å². The molecular weight excluding hydrogens is 386 g/mol. The maximum absolute atomic E-state index is 13.2. The van der Waals surface area contributed by atoms with E-state index in [2.05, 4.69) is 19.1 Å². The van der Waals surface area contributed by atoms with Gasteiger partial charge in [0, 0.05) is 15.5 Å². The zero-order valence-electron chi connectivity index (χ0n) is 15.0. The van der Waals surface area contributed by atoms with Crippen molar-refractivity contribution in [2.75, 3.05) is 38.3 Å². The number of quaternary nitrogens is 1. The summed E-state index contributed by atoms with van der Waals surface area (Å²) in [5.74, 6) is -0.0210. The minimum absolute atomic E-state index is 0.0210. The number of thioether (sulfide) groups is 1. The lowest BCUT2D eigenvalue weighted by Gasteiger charge is -2.21. The van der Waals surface area contributed by atoms with Crippen LogP contribution >= 0.6 is 34.7 Å². The van der Waals surface area contributed by atoms with E-state index in [1.54, 1.807) is 16.7 Å². The van der Waals surface area contributed by atoms with E-state index in [4.69, 9.17) is 11.6 Å². The molecule has 0 fully saturated rings. The molecule has 4 nitrogen and oxygen atoms in total. The number of carbonyl (C=O) groups excluding carboxylic acids is 1. The number of benzene rings is 2. The second kappa shape index (κ2) is 8.39. The molecule has 1 heterocycles. The first kappa shape index (κ1) is 19.2. The normalized spacial score (nSPS) is 11.3. The van der Waals surface area contributed by atoms with E-state index >= 15 is 0 Å². The summed E-state index contributed by atoms with van der Waals surface area (Å²) in [5.41, 5.74) is 1.55. The molecule has 0 atom stereocenters. The third-order valence-corrected chi connectivity index (χ3v) is 5.97. The monoisotopic (exact) mass is 406 g/mol. The molecule has 0 spiro atoms. The lowest BCUT2D eigenvalue weighted by Crippen LogP contribution is -3.06. The van der Waals surface area contributed by atoms with Crippen LogP contribution in [0, 0.1) is 0 Å². The third kappa shape index (κ3) is 4.38. The van der Waals surface area contributed by atoms with Gasteiger partial charge in [-0.3, -0.25) is 9.69 Å². The third-order valence-electron chi connectivity index (χ3n) is 3.97. The number of hydrogen-bond acceptors (Lipinski definition) is 4. The highest BCUT2D eigenvalue weighted by Gasteiger charge is 2.22. The van der Waals surface area contributed by atoms with Crippen molar-refractivity contribution in [3.05, 3.63) is 53.1 Å². The Labute approximate surface area is 166 Å². The highest BCUT2D eigenvalue weighted by atomic mass is 35.5. The number of halogens is 1. The second-order valence-electron chi connectivity index (χ2n) is 6.25. The first-order valence-corrected chi connectivity index (χ1v) is 10.7. The highest BCUT2D eigenvalue weighted by Crippen LogP contribution is 2.31. The van der Waals surface area contributed by atoms with Gasteiger partial charge in [0.15, 0.2) is 5.13 Å². The highest BCUT2D eigenvalue weighted by molar-refractivity contribution is 7.98. The predicted molar refractivity (Wildman–Crippen MR) is 112 cm³/mol. The summed E-state index contributed by atoms with van der Waals surface area (Å²) in [4.78, 5) is 22.0. The Morgan fingerprint density at radius 1 is 1.27 bits per heavy atom. The summed E-state index contributed by atoms with van der Waals surface area (Å²) < 4.78 is 0.986. The average Bonchev–Trinajstić information content (AvgIpc) is 3.04. The first-order valence-electron chi connectivity index (χ1n) is 8.29. The van der Waals surface area contributed by atoms with Crippen LogP contribution in [-0.4, -0.2) is 44.3 Å². The molecule has 3 rings (SSSR count). The minimum Gasteiger partial charge on any atom is -0.338 e. The van der Waals surface area contributed by atoms with Crippen molar-refractivity contribution in [3.63, 3.8) is 0 Å². The molecule has 0 aliphatic carbocycles. The maximum atomic E-state index is 13.2. The molecule has 0 bridgehead atoms. The van der Waals surface area contributed by atoms with Crippen LogP contribution in [0.3, 0.4) is 0 Å². The molecule has 0 radical (unpaired) electrons. The van der Waals surface area contributed by atoms with Crippen molar-refractivity contribution in [2.45, 2.75) is 4.90 Å². The van der Waals surface area contributed by atoms with Crippen molar-refractivity contribution in [1.82, 2.24) is 4.98 Å². The quantitative estimate of drug-likeness (QED) is 0.637. The molecule has 0 saturated carbocycles. The topological polar surface area (TPSA) is 37.6 Å². The summed E-state index contributed by atoms with van der Waals surface area (Å²) in [5, 5.41) is 1.39. The van der Waals surface area contributed by atoms with Crippen LogP contribution in [0.15, 0.2) is 47.4 Å². The number of anilines is 1. The van der Waals surface area contributed by atoms with Gasteiger partial charge in [-0.15, -0.1) is 11.8 Å². The largest absolute Gasteiger partial charge is 0.338 e. The number of carbonyl (C=O) groups is 1. The van der Waals surface area contributed by atoms with Crippen LogP contribution in [0.4, 0.5) is 5.13 Å². The van der Waals surface area contributed by atoms with Gasteiger partial charge in [0.25, 0.3) is 5.91 Å². The molecular formula is C19H21ClN3OS2+. The molecule has 0 aliphatic heterocycles. The molecule has 1 aromatic heterocycles. The van der Waals surface area contributed by atoms with Gasteiger partial charge in [0.05, 0.1) is 37.4 Å². The van der Waals surface area contributed by atoms with Crippen molar-refractivity contribution < 1.29 is 9.69 Å². The number of aromatic nitrogens is 1. The Balaban J connectivity index is 1.98. The molecule has 2 aromatic carbocycles.